The first-order valence-electron chi connectivity index (χ1n) is 6.82. The van der Waals surface area contributed by atoms with Gasteiger partial charge >= 0.3 is 0 Å². The molecule has 0 atom stereocenters. The molecular weight excluding hydrogens is 290 g/mol. The third-order valence-electron chi connectivity index (χ3n) is 3.03. The molecule has 2 aromatic heterocycles. The molecule has 2 aromatic rings. The van der Waals surface area contributed by atoms with Gasteiger partial charge in [-0.25, -0.2) is 4.68 Å². The van der Waals surface area contributed by atoms with Gasteiger partial charge in [-0.05, 0) is 36.2 Å². The van der Waals surface area contributed by atoms with Crippen molar-refractivity contribution in [2.45, 2.75) is 32.7 Å². The Bertz CT molecular complexity index is 683. The number of carbonyl (C=O) groups is 1. The van der Waals surface area contributed by atoms with Gasteiger partial charge in [0.05, 0.1) is 12.1 Å². The zero-order valence-corrected chi connectivity index (χ0v) is 12.5. The minimum absolute atomic E-state index is 0.102. The molecule has 0 bridgehead atoms. The second-order valence-corrected chi connectivity index (χ2v) is 5.11. The van der Waals surface area contributed by atoms with Crippen molar-refractivity contribution in [2.75, 3.05) is 0 Å². The predicted molar refractivity (Wildman–Crippen MR) is 81.2 cm³/mol. The van der Waals surface area contributed by atoms with E-state index >= 15 is 0 Å². The van der Waals surface area contributed by atoms with Crippen LogP contribution in [0.25, 0.3) is 11.4 Å². The predicted octanol–water partition coefficient (Wildman–Crippen LogP) is 2.41. The molecule has 0 saturated heterocycles. The van der Waals surface area contributed by atoms with Crippen LogP contribution in [0, 0.1) is 0 Å². The Kier molecular flexibility index (Phi) is 5.22. The van der Waals surface area contributed by atoms with E-state index in [1.165, 1.54) is 4.68 Å². The minimum atomic E-state index is -0.563. The highest BCUT2D eigenvalue weighted by Gasteiger charge is 2.12. The lowest BCUT2D eigenvalue weighted by molar-refractivity contribution is -0.111. The Balaban J connectivity index is 2.50. The third kappa shape index (κ3) is 3.98. The molecule has 0 unspecified atom stereocenters. The van der Waals surface area contributed by atoms with E-state index in [0.717, 1.165) is 12.8 Å². The molecule has 0 aliphatic carbocycles. The Morgan fingerprint density at radius 3 is 2.76 bits per heavy atom. The zero-order chi connectivity index (χ0) is 15.2. The number of pyridine rings is 1. The van der Waals surface area contributed by atoms with E-state index in [9.17, 15) is 9.59 Å². The lowest BCUT2D eigenvalue weighted by atomic mass is 10.1. The lowest BCUT2D eigenvalue weighted by Crippen LogP contribution is -2.27. The molecule has 0 spiro atoms. The van der Waals surface area contributed by atoms with Gasteiger partial charge in [-0.3, -0.25) is 14.6 Å². The molecule has 21 heavy (non-hydrogen) atoms. The van der Waals surface area contributed by atoms with Crippen LogP contribution in [0.5, 0.6) is 0 Å². The molecule has 0 radical (unpaired) electrons. The van der Waals surface area contributed by atoms with Crippen LogP contribution in [0.4, 0.5) is 0 Å². The van der Waals surface area contributed by atoms with Crippen LogP contribution in [0.2, 0.25) is 0 Å². The van der Waals surface area contributed by atoms with E-state index in [-0.39, 0.29) is 12.0 Å². The number of unbranched alkanes of at least 4 members (excludes halogenated alkanes) is 1. The van der Waals surface area contributed by atoms with Crippen molar-refractivity contribution in [3.05, 3.63) is 46.4 Å². The molecule has 6 heteroatoms. The summed E-state index contributed by atoms with van der Waals surface area (Å²) < 4.78 is 1.39. The Morgan fingerprint density at radius 2 is 2.14 bits per heavy atom. The largest absolute Gasteiger partial charge is 0.281 e. The summed E-state index contributed by atoms with van der Waals surface area (Å²) >= 11 is 5.42. The lowest BCUT2D eigenvalue weighted by Gasteiger charge is -2.09. The average molecular weight is 306 g/mol. The maximum Gasteiger partial charge on any atom is 0.270 e. The van der Waals surface area contributed by atoms with Crippen LogP contribution in [-0.2, 0) is 17.8 Å². The number of carbonyl (C=O) groups excluding carboxylic acids is 1. The Labute approximate surface area is 127 Å². The van der Waals surface area contributed by atoms with Gasteiger partial charge in [-0.2, -0.15) is 5.10 Å². The fraction of sp³-hybridized carbons (Fsp3) is 0.333. The van der Waals surface area contributed by atoms with E-state index in [4.69, 9.17) is 11.6 Å². The summed E-state index contributed by atoms with van der Waals surface area (Å²) in [6.07, 6.45) is 3.35. The summed E-state index contributed by atoms with van der Waals surface area (Å²) in [6, 6.07) is 7.05. The maximum absolute atomic E-state index is 12.3. The molecule has 0 aliphatic rings. The highest BCUT2D eigenvalue weighted by atomic mass is 35.5. The van der Waals surface area contributed by atoms with Crippen molar-refractivity contribution in [3.8, 4) is 11.4 Å². The Hall–Kier alpha value is -2.01. The number of aryl methyl sites for hydroxylation is 1. The summed E-state index contributed by atoms with van der Waals surface area (Å²) in [4.78, 5) is 27.6. The number of halogens is 1. The van der Waals surface area contributed by atoms with Gasteiger partial charge in [0, 0.05) is 18.3 Å². The van der Waals surface area contributed by atoms with Crippen molar-refractivity contribution in [1.29, 1.82) is 0 Å². The van der Waals surface area contributed by atoms with Crippen molar-refractivity contribution < 1.29 is 4.79 Å². The highest BCUT2D eigenvalue weighted by molar-refractivity contribution is 6.63. The fourth-order valence-electron chi connectivity index (χ4n) is 1.97. The number of nitrogens with zero attached hydrogens (tertiary/aromatic N) is 3. The summed E-state index contributed by atoms with van der Waals surface area (Å²) in [5, 5.41) is 3.77. The normalized spacial score (nSPS) is 10.6. The number of hydrogen-bond acceptors (Lipinski definition) is 4. The van der Waals surface area contributed by atoms with E-state index in [1.54, 1.807) is 18.3 Å². The van der Waals surface area contributed by atoms with E-state index in [0.29, 0.717) is 23.5 Å². The molecule has 110 valence electrons. The van der Waals surface area contributed by atoms with Crippen molar-refractivity contribution in [3.63, 3.8) is 0 Å². The second-order valence-electron chi connectivity index (χ2n) is 4.68. The van der Waals surface area contributed by atoms with Gasteiger partial charge in [-0.1, -0.05) is 19.4 Å². The monoisotopic (exact) mass is 305 g/mol. The van der Waals surface area contributed by atoms with Gasteiger partial charge in [0.15, 0.2) is 0 Å². The molecule has 0 saturated carbocycles. The van der Waals surface area contributed by atoms with Crippen molar-refractivity contribution in [1.82, 2.24) is 14.8 Å². The first-order valence-corrected chi connectivity index (χ1v) is 7.20. The van der Waals surface area contributed by atoms with Crippen LogP contribution < -0.4 is 5.56 Å². The van der Waals surface area contributed by atoms with E-state index in [1.807, 2.05) is 19.1 Å². The zero-order valence-electron chi connectivity index (χ0n) is 11.8. The standard InChI is InChI=1S/C15H16ClN3O2/c1-2-3-8-19-15(21)11(10-14(16)20)9-13(18-19)12-6-4-5-7-17-12/h4-7,9H,2-3,8,10H2,1H3. The highest BCUT2D eigenvalue weighted by Crippen LogP contribution is 2.14. The van der Waals surface area contributed by atoms with Crippen molar-refractivity contribution in [2.24, 2.45) is 0 Å². The molecule has 0 N–H and O–H groups in total. The molecule has 2 heterocycles. The molecular formula is C15H16ClN3O2. The van der Waals surface area contributed by atoms with Crippen LogP contribution >= 0.6 is 11.6 Å². The quantitative estimate of drug-likeness (QED) is 0.769. The van der Waals surface area contributed by atoms with Gasteiger partial charge in [0.2, 0.25) is 5.24 Å². The second kappa shape index (κ2) is 7.13. The average Bonchev–Trinajstić information content (AvgIpc) is 2.48. The molecule has 0 fully saturated rings. The third-order valence-corrected chi connectivity index (χ3v) is 3.16. The molecule has 0 amide bonds. The Morgan fingerprint density at radius 1 is 1.33 bits per heavy atom. The van der Waals surface area contributed by atoms with Crippen molar-refractivity contribution >= 4 is 16.8 Å². The van der Waals surface area contributed by atoms with E-state index < -0.39 is 5.24 Å². The van der Waals surface area contributed by atoms with E-state index in [2.05, 4.69) is 10.1 Å². The van der Waals surface area contributed by atoms with Crippen LogP contribution in [0.1, 0.15) is 25.3 Å². The summed E-state index contributed by atoms with van der Waals surface area (Å²) in [5.41, 5.74) is 1.31. The minimum Gasteiger partial charge on any atom is -0.281 e. The summed E-state index contributed by atoms with van der Waals surface area (Å²) in [6.45, 7) is 2.55. The first kappa shape index (κ1) is 15.4. The number of rotatable bonds is 6. The maximum atomic E-state index is 12.3. The van der Waals surface area contributed by atoms with Crippen LogP contribution in [0.3, 0.4) is 0 Å². The van der Waals surface area contributed by atoms with Crippen LogP contribution in [0.15, 0.2) is 35.3 Å². The molecule has 5 nitrogen and oxygen atoms in total. The fourth-order valence-corrected chi connectivity index (χ4v) is 2.12. The van der Waals surface area contributed by atoms with Gasteiger partial charge in [0.1, 0.15) is 5.69 Å². The van der Waals surface area contributed by atoms with Gasteiger partial charge < -0.3 is 0 Å². The first-order chi connectivity index (χ1) is 10.1. The smallest absolute Gasteiger partial charge is 0.270 e. The SMILES string of the molecule is CCCCn1nc(-c2ccccn2)cc(CC(=O)Cl)c1=O. The van der Waals surface area contributed by atoms with Gasteiger partial charge in [0.25, 0.3) is 5.56 Å². The molecule has 2 rings (SSSR count). The summed E-state index contributed by atoms with van der Waals surface area (Å²) in [7, 11) is 0. The number of hydrogen-bond donors (Lipinski definition) is 0. The summed E-state index contributed by atoms with van der Waals surface area (Å²) in [5.74, 6) is 0. The van der Waals surface area contributed by atoms with Gasteiger partial charge in [-0.15, -0.1) is 0 Å². The molecule has 0 aliphatic heterocycles. The topological polar surface area (TPSA) is 64.8 Å². The number of aromatic nitrogens is 3. The molecule has 0 aromatic carbocycles. The van der Waals surface area contributed by atoms with Crippen LogP contribution in [-0.4, -0.2) is 20.0 Å².